The Hall–Kier alpha value is -2.47. The molecule has 0 unspecified atom stereocenters. The zero-order chi connectivity index (χ0) is 17.1. The number of amides is 1. The second kappa shape index (κ2) is 6.97. The fraction of sp³-hybridized carbons (Fsp3) is 0.222. The Morgan fingerprint density at radius 1 is 1.25 bits per heavy atom. The molecule has 124 valence electrons. The van der Waals surface area contributed by atoms with Crippen LogP contribution in [0.3, 0.4) is 0 Å². The highest BCUT2D eigenvalue weighted by atomic mass is 32.2. The third-order valence-electron chi connectivity index (χ3n) is 3.66. The minimum absolute atomic E-state index is 0.0509. The molecular weight excluding hydrogens is 322 g/mol. The lowest BCUT2D eigenvalue weighted by atomic mass is 10.1. The van der Waals surface area contributed by atoms with E-state index in [1.54, 1.807) is 7.11 Å². The van der Waals surface area contributed by atoms with Crippen LogP contribution in [-0.2, 0) is 4.79 Å². The van der Waals surface area contributed by atoms with Crippen molar-refractivity contribution in [2.24, 2.45) is 0 Å². The van der Waals surface area contributed by atoms with Crippen LogP contribution in [0.25, 0.3) is 11.0 Å². The minimum atomic E-state index is -0.0509. The molecule has 0 aliphatic rings. The molecule has 1 amide bonds. The molecule has 1 heterocycles. The first-order valence-electron chi connectivity index (χ1n) is 7.59. The molecule has 2 N–H and O–H groups in total. The van der Waals surface area contributed by atoms with Crippen LogP contribution in [-0.4, -0.2) is 28.7 Å². The number of anilines is 1. The lowest BCUT2D eigenvalue weighted by molar-refractivity contribution is -0.113. The van der Waals surface area contributed by atoms with Crippen LogP contribution in [0.1, 0.15) is 11.1 Å². The first kappa shape index (κ1) is 16.4. The number of hydrogen-bond acceptors (Lipinski definition) is 4. The van der Waals surface area contributed by atoms with Crippen molar-refractivity contribution in [3.8, 4) is 5.75 Å². The van der Waals surface area contributed by atoms with Gasteiger partial charge in [0.25, 0.3) is 0 Å². The summed E-state index contributed by atoms with van der Waals surface area (Å²) < 4.78 is 5.20. The fourth-order valence-electron chi connectivity index (χ4n) is 2.43. The van der Waals surface area contributed by atoms with Gasteiger partial charge in [-0.05, 0) is 37.6 Å². The summed E-state index contributed by atoms with van der Waals surface area (Å²) in [6.07, 6.45) is 0. The van der Waals surface area contributed by atoms with Crippen LogP contribution >= 0.6 is 11.8 Å². The van der Waals surface area contributed by atoms with Crippen molar-refractivity contribution in [2.45, 2.75) is 19.0 Å². The molecule has 0 saturated carbocycles. The standard InChI is InChI=1S/C18H19N3O2S/c1-11-4-6-14(12(2)8-11)19-17(22)10-24-18-20-15-7-5-13(23-3)9-16(15)21-18/h4-9H,10H2,1-3H3,(H,19,22)(H,20,21). The van der Waals surface area contributed by atoms with Crippen LogP contribution in [0.15, 0.2) is 41.6 Å². The summed E-state index contributed by atoms with van der Waals surface area (Å²) in [7, 11) is 1.63. The highest BCUT2D eigenvalue weighted by Gasteiger charge is 2.09. The molecule has 0 radical (unpaired) electrons. The number of nitrogens with zero attached hydrogens (tertiary/aromatic N) is 1. The molecule has 0 aliphatic carbocycles. The minimum Gasteiger partial charge on any atom is -0.497 e. The highest BCUT2D eigenvalue weighted by molar-refractivity contribution is 7.99. The van der Waals surface area contributed by atoms with E-state index >= 15 is 0 Å². The first-order valence-corrected chi connectivity index (χ1v) is 8.57. The van der Waals surface area contributed by atoms with Gasteiger partial charge in [0, 0.05) is 11.8 Å². The molecule has 2 aromatic carbocycles. The Morgan fingerprint density at radius 3 is 2.83 bits per heavy atom. The van der Waals surface area contributed by atoms with E-state index in [1.807, 2.05) is 44.2 Å². The molecule has 3 rings (SSSR count). The predicted octanol–water partition coefficient (Wildman–Crippen LogP) is 3.92. The van der Waals surface area contributed by atoms with Crippen molar-refractivity contribution in [3.05, 3.63) is 47.5 Å². The lowest BCUT2D eigenvalue weighted by Crippen LogP contribution is -2.14. The Morgan fingerprint density at radius 2 is 2.08 bits per heavy atom. The largest absolute Gasteiger partial charge is 0.497 e. The van der Waals surface area contributed by atoms with Crippen molar-refractivity contribution in [3.63, 3.8) is 0 Å². The van der Waals surface area contributed by atoms with Gasteiger partial charge in [-0.15, -0.1) is 0 Å². The number of thioether (sulfide) groups is 1. The Kier molecular flexibility index (Phi) is 4.76. The number of carbonyl (C=O) groups is 1. The summed E-state index contributed by atoms with van der Waals surface area (Å²) in [4.78, 5) is 19.8. The van der Waals surface area contributed by atoms with Gasteiger partial charge in [0.1, 0.15) is 5.75 Å². The molecule has 5 nitrogen and oxygen atoms in total. The molecule has 0 bridgehead atoms. The van der Waals surface area contributed by atoms with Crippen molar-refractivity contribution in [1.29, 1.82) is 0 Å². The van der Waals surface area contributed by atoms with E-state index < -0.39 is 0 Å². The molecule has 0 aliphatic heterocycles. The number of benzene rings is 2. The van der Waals surface area contributed by atoms with Crippen LogP contribution in [0.5, 0.6) is 5.75 Å². The summed E-state index contributed by atoms with van der Waals surface area (Å²) in [5, 5.41) is 3.65. The van der Waals surface area contributed by atoms with Crippen LogP contribution in [0.4, 0.5) is 5.69 Å². The number of carbonyl (C=O) groups excluding carboxylic acids is 1. The second-order valence-electron chi connectivity index (χ2n) is 5.58. The number of hydrogen-bond donors (Lipinski definition) is 2. The van der Waals surface area contributed by atoms with E-state index in [-0.39, 0.29) is 5.91 Å². The zero-order valence-corrected chi connectivity index (χ0v) is 14.7. The van der Waals surface area contributed by atoms with Crippen molar-refractivity contribution < 1.29 is 9.53 Å². The van der Waals surface area contributed by atoms with Gasteiger partial charge in [0.15, 0.2) is 5.16 Å². The summed E-state index contributed by atoms with van der Waals surface area (Å²) >= 11 is 1.38. The van der Waals surface area contributed by atoms with Crippen LogP contribution < -0.4 is 10.1 Å². The maximum atomic E-state index is 12.1. The number of aromatic amines is 1. The number of aromatic nitrogens is 2. The number of fused-ring (bicyclic) bond motifs is 1. The third kappa shape index (κ3) is 3.71. The van der Waals surface area contributed by atoms with Crippen molar-refractivity contribution >= 4 is 34.4 Å². The quantitative estimate of drug-likeness (QED) is 0.690. The second-order valence-corrected chi connectivity index (χ2v) is 6.54. The van der Waals surface area contributed by atoms with Crippen molar-refractivity contribution in [1.82, 2.24) is 9.97 Å². The van der Waals surface area contributed by atoms with Gasteiger partial charge in [-0.1, -0.05) is 29.5 Å². The molecule has 3 aromatic rings. The fourth-order valence-corrected chi connectivity index (χ4v) is 3.12. The predicted molar refractivity (Wildman–Crippen MR) is 97.9 cm³/mol. The maximum absolute atomic E-state index is 12.1. The van der Waals surface area contributed by atoms with E-state index in [0.717, 1.165) is 28.0 Å². The van der Waals surface area contributed by atoms with Crippen LogP contribution in [0, 0.1) is 13.8 Å². The van der Waals surface area contributed by atoms with E-state index in [1.165, 1.54) is 17.3 Å². The van der Waals surface area contributed by atoms with Crippen molar-refractivity contribution in [2.75, 3.05) is 18.2 Å². The third-order valence-corrected chi connectivity index (χ3v) is 4.54. The topological polar surface area (TPSA) is 67.0 Å². The molecule has 24 heavy (non-hydrogen) atoms. The smallest absolute Gasteiger partial charge is 0.234 e. The highest BCUT2D eigenvalue weighted by Crippen LogP contribution is 2.23. The molecular formula is C18H19N3O2S. The van der Waals surface area contributed by atoms with Gasteiger partial charge in [0.2, 0.25) is 5.91 Å². The Bertz CT molecular complexity index is 889. The Balaban J connectivity index is 1.63. The molecule has 6 heteroatoms. The number of ether oxygens (including phenoxy) is 1. The van der Waals surface area contributed by atoms with E-state index in [9.17, 15) is 4.79 Å². The van der Waals surface area contributed by atoms with Gasteiger partial charge >= 0.3 is 0 Å². The number of H-pyrrole nitrogens is 1. The summed E-state index contributed by atoms with van der Waals surface area (Å²) in [5.41, 5.74) is 4.84. The zero-order valence-electron chi connectivity index (χ0n) is 13.8. The normalized spacial score (nSPS) is 10.8. The van der Waals surface area contributed by atoms with Gasteiger partial charge in [-0.3, -0.25) is 4.79 Å². The number of rotatable bonds is 5. The average molecular weight is 341 g/mol. The summed E-state index contributed by atoms with van der Waals surface area (Å²) in [6.45, 7) is 4.02. The van der Waals surface area contributed by atoms with E-state index in [4.69, 9.17) is 4.74 Å². The molecule has 0 saturated heterocycles. The molecule has 0 fully saturated rings. The number of aryl methyl sites for hydroxylation is 2. The molecule has 1 aromatic heterocycles. The van der Waals surface area contributed by atoms with E-state index in [0.29, 0.717) is 10.9 Å². The molecule has 0 atom stereocenters. The van der Waals surface area contributed by atoms with Gasteiger partial charge in [-0.2, -0.15) is 0 Å². The van der Waals surface area contributed by atoms with Crippen LogP contribution in [0.2, 0.25) is 0 Å². The monoisotopic (exact) mass is 341 g/mol. The Labute approximate surface area is 144 Å². The number of nitrogens with one attached hydrogen (secondary N) is 2. The molecule has 0 spiro atoms. The maximum Gasteiger partial charge on any atom is 0.234 e. The lowest BCUT2D eigenvalue weighted by Gasteiger charge is -2.08. The number of imidazole rings is 1. The van der Waals surface area contributed by atoms with Gasteiger partial charge < -0.3 is 15.0 Å². The average Bonchev–Trinajstić information content (AvgIpc) is 2.97. The number of methoxy groups -OCH3 is 1. The summed E-state index contributed by atoms with van der Waals surface area (Å²) in [5.74, 6) is 1.02. The SMILES string of the molecule is COc1ccc2nc(SCC(=O)Nc3ccc(C)cc3C)[nH]c2c1. The summed E-state index contributed by atoms with van der Waals surface area (Å²) in [6, 6.07) is 11.6. The van der Waals surface area contributed by atoms with E-state index in [2.05, 4.69) is 21.4 Å². The first-order chi connectivity index (χ1) is 11.5. The van der Waals surface area contributed by atoms with Gasteiger partial charge in [-0.25, -0.2) is 4.98 Å². The van der Waals surface area contributed by atoms with Gasteiger partial charge in [0.05, 0.1) is 23.9 Å².